The first-order chi connectivity index (χ1) is 20.8. The van der Waals surface area contributed by atoms with E-state index in [1.165, 1.54) is 97.3 Å². The van der Waals surface area contributed by atoms with Crippen molar-refractivity contribution in [2.75, 3.05) is 0 Å². The van der Waals surface area contributed by atoms with E-state index >= 15 is 0 Å². The summed E-state index contributed by atoms with van der Waals surface area (Å²) in [4.78, 5) is 0. The third-order valence-electron chi connectivity index (χ3n) is 9.48. The van der Waals surface area contributed by atoms with Gasteiger partial charge < -0.3 is 0 Å². The summed E-state index contributed by atoms with van der Waals surface area (Å²) in [5.74, 6) is 0. The minimum Gasteiger partial charge on any atom is -0.0616 e. The lowest BCUT2D eigenvalue weighted by molar-refractivity contribution is 1.72. The SMILES string of the molecule is c1ccc2cc3cc4c(ccc5cc6cccc(-c7ccc8ccc9cccc%10ccc7c8c9%10)c6cc54)cc3cc2c1. The smallest absolute Gasteiger partial charge is 0.00206 e. The van der Waals surface area contributed by atoms with Crippen molar-refractivity contribution in [2.24, 2.45) is 0 Å². The highest BCUT2D eigenvalue weighted by Crippen LogP contribution is 2.42. The van der Waals surface area contributed by atoms with Crippen molar-refractivity contribution in [3.8, 4) is 11.1 Å². The van der Waals surface area contributed by atoms with E-state index in [-0.39, 0.29) is 0 Å². The summed E-state index contributed by atoms with van der Waals surface area (Å²) in [6.45, 7) is 0. The molecule has 0 aliphatic carbocycles. The van der Waals surface area contributed by atoms with E-state index in [1.807, 2.05) is 0 Å². The first kappa shape index (κ1) is 22.3. The van der Waals surface area contributed by atoms with Gasteiger partial charge in [0.25, 0.3) is 0 Å². The average Bonchev–Trinajstić information content (AvgIpc) is 3.04. The second kappa shape index (κ2) is 8.06. The van der Waals surface area contributed by atoms with Gasteiger partial charge in [0.05, 0.1) is 0 Å². The molecular formula is C42H24. The van der Waals surface area contributed by atoms with Crippen LogP contribution in [0.15, 0.2) is 146 Å². The Balaban J connectivity index is 1.29. The molecule has 0 N–H and O–H groups in total. The zero-order valence-electron chi connectivity index (χ0n) is 22.9. The molecule has 42 heavy (non-hydrogen) atoms. The van der Waals surface area contributed by atoms with Crippen LogP contribution < -0.4 is 0 Å². The van der Waals surface area contributed by atoms with Gasteiger partial charge in [0, 0.05) is 0 Å². The fourth-order valence-electron chi connectivity index (χ4n) is 7.48. The molecule has 192 valence electrons. The van der Waals surface area contributed by atoms with E-state index in [1.54, 1.807) is 0 Å². The highest BCUT2D eigenvalue weighted by molar-refractivity contribution is 6.26. The molecule has 0 atom stereocenters. The molecule has 0 amide bonds. The summed E-state index contributed by atoms with van der Waals surface area (Å²) >= 11 is 0. The van der Waals surface area contributed by atoms with Crippen molar-refractivity contribution < 1.29 is 0 Å². The van der Waals surface area contributed by atoms with Crippen LogP contribution in [-0.2, 0) is 0 Å². The van der Waals surface area contributed by atoms with Crippen molar-refractivity contribution in [3.63, 3.8) is 0 Å². The lowest BCUT2D eigenvalue weighted by atomic mass is 9.87. The molecule has 0 unspecified atom stereocenters. The van der Waals surface area contributed by atoms with Crippen LogP contribution in [0.1, 0.15) is 0 Å². The maximum atomic E-state index is 2.44. The second-order valence-corrected chi connectivity index (χ2v) is 11.8. The van der Waals surface area contributed by atoms with Crippen molar-refractivity contribution in [1.29, 1.82) is 0 Å². The van der Waals surface area contributed by atoms with E-state index in [2.05, 4.69) is 146 Å². The van der Waals surface area contributed by atoms with Crippen LogP contribution in [0.3, 0.4) is 0 Å². The Morgan fingerprint density at radius 2 is 0.690 bits per heavy atom. The molecule has 0 aliphatic heterocycles. The Hall–Kier alpha value is -5.46. The molecule has 10 rings (SSSR count). The predicted molar refractivity (Wildman–Crippen MR) is 183 cm³/mol. The average molecular weight is 529 g/mol. The van der Waals surface area contributed by atoms with E-state index < -0.39 is 0 Å². The maximum Gasteiger partial charge on any atom is -0.00206 e. The molecule has 0 saturated heterocycles. The molecule has 0 radical (unpaired) electrons. The fourth-order valence-corrected chi connectivity index (χ4v) is 7.48. The minimum atomic E-state index is 1.27. The maximum absolute atomic E-state index is 2.44. The van der Waals surface area contributed by atoms with Crippen molar-refractivity contribution in [2.45, 2.75) is 0 Å². The van der Waals surface area contributed by atoms with Gasteiger partial charge in [-0.1, -0.05) is 109 Å². The van der Waals surface area contributed by atoms with E-state index in [4.69, 9.17) is 0 Å². The topological polar surface area (TPSA) is 0 Å². The van der Waals surface area contributed by atoms with E-state index in [9.17, 15) is 0 Å². The Morgan fingerprint density at radius 1 is 0.214 bits per heavy atom. The molecule has 0 fully saturated rings. The highest BCUT2D eigenvalue weighted by Gasteiger charge is 2.14. The van der Waals surface area contributed by atoms with Crippen LogP contribution in [0.5, 0.6) is 0 Å². The number of benzene rings is 10. The third-order valence-corrected chi connectivity index (χ3v) is 9.48. The molecule has 10 aromatic carbocycles. The van der Waals surface area contributed by atoms with Gasteiger partial charge in [-0.05, 0) is 134 Å². The molecule has 0 heterocycles. The van der Waals surface area contributed by atoms with Crippen LogP contribution in [-0.4, -0.2) is 0 Å². The lowest BCUT2D eigenvalue weighted by Gasteiger charge is -2.16. The predicted octanol–water partition coefficient (Wildman–Crippen LogP) is 12.0. The lowest BCUT2D eigenvalue weighted by Crippen LogP contribution is -1.89. The number of rotatable bonds is 1. The van der Waals surface area contributed by atoms with E-state index in [0.717, 1.165) is 0 Å². The summed E-state index contributed by atoms with van der Waals surface area (Å²) < 4.78 is 0. The second-order valence-electron chi connectivity index (χ2n) is 11.8. The first-order valence-corrected chi connectivity index (χ1v) is 14.7. The fraction of sp³-hybridized carbons (Fsp3) is 0. The zero-order chi connectivity index (χ0) is 27.4. The van der Waals surface area contributed by atoms with Gasteiger partial charge in [0.1, 0.15) is 0 Å². The van der Waals surface area contributed by atoms with Gasteiger partial charge in [0.2, 0.25) is 0 Å². The Bertz CT molecular complexity index is 2710. The zero-order valence-corrected chi connectivity index (χ0v) is 22.9. The van der Waals surface area contributed by atoms with Gasteiger partial charge >= 0.3 is 0 Å². The van der Waals surface area contributed by atoms with Gasteiger partial charge in [-0.15, -0.1) is 0 Å². The largest absolute Gasteiger partial charge is 0.0616 e. The summed E-state index contributed by atoms with van der Waals surface area (Å²) in [5.41, 5.74) is 2.58. The van der Waals surface area contributed by atoms with Crippen LogP contribution >= 0.6 is 0 Å². The molecule has 10 aromatic rings. The molecule has 0 nitrogen and oxygen atoms in total. The summed E-state index contributed by atoms with van der Waals surface area (Å²) in [6.07, 6.45) is 0. The monoisotopic (exact) mass is 528 g/mol. The van der Waals surface area contributed by atoms with Gasteiger partial charge in [-0.25, -0.2) is 0 Å². The molecule has 0 aromatic heterocycles. The van der Waals surface area contributed by atoms with Crippen molar-refractivity contribution >= 4 is 86.2 Å². The van der Waals surface area contributed by atoms with Crippen LogP contribution in [0.25, 0.3) is 97.3 Å². The number of hydrogen-bond donors (Lipinski definition) is 0. The first-order valence-electron chi connectivity index (χ1n) is 14.7. The molecule has 0 bridgehead atoms. The van der Waals surface area contributed by atoms with E-state index in [0.29, 0.717) is 0 Å². The Kier molecular flexibility index (Phi) is 4.27. The van der Waals surface area contributed by atoms with Gasteiger partial charge in [-0.3, -0.25) is 0 Å². The summed E-state index contributed by atoms with van der Waals surface area (Å²) in [6, 6.07) is 54.6. The van der Waals surface area contributed by atoms with Crippen LogP contribution in [0.2, 0.25) is 0 Å². The standard InChI is InChI=1S/C42H24/c1-2-6-29-20-34-23-38-32(22-33(34)19-28(29)5-1)14-13-31-21-30-9-4-10-35(39(30)24-40(31)38)36-17-15-27-12-11-25-7-3-8-26-16-18-37(36)42(27)41(25)26/h1-24H. The summed E-state index contributed by atoms with van der Waals surface area (Å²) in [5, 5.41) is 20.9. The van der Waals surface area contributed by atoms with Crippen molar-refractivity contribution in [3.05, 3.63) is 146 Å². The van der Waals surface area contributed by atoms with Gasteiger partial charge in [0.15, 0.2) is 0 Å². The normalized spacial score (nSPS) is 12.3. The molecule has 0 heteroatoms. The number of fused-ring (bicyclic) bond motifs is 6. The Labute approximate surface area is 242 Å². The third kappa shape index (κ3) is 3.01. The Morgan fingerprint density at radius 3 is 1.48 bits per heavy atom. The molecular weight excluding hydrogens is 504 g/mol. The molecule has 0 spiro atoms. The molecule has 0 aliphatic rings. The van der Waals surface area contributed by atoms with Crippen molar-refractivity contribution in [1.82, 2.24) is 0 Å². The summed E-state index contributed by atoms with van der Waals surface area (Å²) in [7, 11) is 0. The molecule has 0 saturated carbocycles. The minimum absolute atomic E-state index is 1.27. The van der Waals surface area contributed by atoms with Gasteiger partial charge in [-0.2, -0.15) is 0 Å². The quantitative estimate of drug-likeness (QED) is 0.147. The van der Waals surface area contributed by atoms with Crippen LogP contribution in [0, 0.1) is 0 Å². The number of hydrogen-bond acceptors (Lipinski definition) is 0. The van der Waals surface area contributed by atoms with Crippen LogP contribution in [0.4, 0.5) is 0 Å². The highest BCUT2D eigenvalue weighted by atomic mass is 14.2.